The van der Waals surface area contributed by atoms with Crippen molar-refractivity contribution in [2.24, 2.45) is 10.9 Å². The molecule has 0 radical (unpaired) electrons. The van der Waals surface area contributed by atoms with Crippen LogP contribution < -0.4 is 10.6 Å². The molecule has 1 unspecified atom stereocenters. The van der Waals surface area contributed by atoms with E-state index in [9.17, 15) is 5.11 Å². The first-order chi connectivity index (χ1) is 9.54. The maximum atomic E-state index is 9.52. The summed E-state index contributed by atoms with van der Waals surface area (Å²) in [6.45, 7) is 2.29. The fraction of sp³-hybridized carbons (Fsp3) is 0.267. The normalized spacial score (nSPS) is 13.4. The van der Waals surface area contributed by atoms with Crippen molar-refractivity contribution in [2.45, 2.75) is 13.0 Å². The number of amidine groups is 1. The van der Waals surface area contributed by atoms with Crippen LogP contribution in [0, 0.1) is 0 Å². The molecule has 2 aromatic rings. The number of rotatable bonds is 4. The smallest absolute Gasteiger partial charge is 0.170 e. The van der Waals surface area contributed by atoms with E-state index in [4.69, 9.17) is 10.9 Å². The molecule has 0 heterocycles. The molecule has 2 rings (SSSR count). The van der Waals surface area contributed by atoms with E-state index < -0.39 is 6.10 Å². The summed E-state index contributed by atoms with van der Waals surface area (Å²) in [4.78, 5) is 1.99. The van der Waals surface area contributed by atoms with Gasteiger partial charge in [0.1, 0.15) is 0 Å². The van der Waals surface area contributed by atoms with E-state index in [1.165, 1.54) is 0 Å². The Morgan fingerprint density at radius 3 is 2.50 bits per heavy atom. The minimum absolute atomic E-state index is 0.0888. The SMILES string of the molecule is CC(O)CN(C)c1ccc(/C(N)=N/O)c2ccccc12. The highest BCUT2D eigenvalue weighted by Gasteiger charge is 2.12. The summed E-state index contributed by atoms with van der Waals surface area (Å²) in [5, 5.41) is 23.4. The fourth-order valence-corrected chi connectivity index (χ4v) is 2.39. The van der Waals surface area contributed by atoms with Crippen LogP contribution in [0.2, 0.25) is 0 Å². The van der Waals surface area contributed by atoms with E-state index in [0.717, 1.165) is 16.5 Å². The summed E-state index contributed by atoms with van der Waals surface area (Å²) in [5.74, 6) is 0.0888. The topological polar surface area (TPSA) is 82.1 Å². The highest BCUT2D eigenvalue weighted by Crippen LogP contribution is 2.29. The summed E-state index contributed by atoms with van der Waals surface area (Å²) in [7, 11) is 1.93. The molecule has 0 bridgehead atoms. The third kappa shape index (κ3) is 2.67. The Hall–Kier alpha value is -2.27. The van der Waals surface area contributed by atoms with Gasteiger partial charge >= 0.3 is 0 Å². The standard InChI is InChI=1S/C15H19N3O2/c1-10(19)9-18(2)14-8-7-13(15(16)17-20)11-5-3-4-6-12(11)14/h3-8,10,19-20H,9H2,1-2H3,(H2,16,17). The molecule has 0 aliphatic carbocycles. The number of aliphatic hydroxyl groups is 1. The van der Waals surface area contributed by atoms with Gasteiger partial charge in [0.05, 0.1) is 6.10 Å². The van der Waals surface area contributed by atoms with Crippen LogP contribution in [-0.4, -0.2) is 35.8 Å². The first-order valence-corrected chi connectivity index (χ1v) is 6.43. The number of likely N-dealkylation sites (N-methyl/N-ethyl adjacent to an activating group) is 1. The maximum absolute atomic E-state index is 9.52. The van der Waals surface area contributed by atoms with E-state index in [0.29, 0.717) is 12.1 Å². The summed E-state index contributed by atoms with van der Waals surface area (Å²) in [6.07, 6.45) is -0.414. The molecule has 0 fully saturated rings. The molecule has 1 atom stereocenters. The summed E-state index contributed by atoms with van der Waals surface area (Å²) >= 11 is 0. The number of aliphatic hydroxyl groups excluding tert-OH is 1. The molecule has 0 aromatic heterocycles. The summed E-state index contributed by atoms with van der Waals surface area (Å²) in [6, 6.07) is 11.5. The predicted molar refractivity (Wildman–Crippen MR) is 81.4 cm³/mol. The van der Waals surface area contributed by atoms with Gasteiger partial charge in [-0.2, -0.15) is 0 Å². The van der Waals surface area contributed by atoms with Crippen molar-refractivity contribution in [1.82, 2.24) is 0 Å². The minimum atomic E-state index is -0.414. The van der Waals surface area contributed by atoms with Gasteiger partial charge in [0, 0.05) is 30.2 Å². The van der Waals surface area contributed by atoms with Crippen LogP contribution in [0.25, 0.3) is 10.8 Å². The van der Waals surface area contributed by atoms with E-state index in [2.05, 4.69) is 5.16 Å². The average Bonchev–Trinajstić information content (AvgIpc) is 2.44. The van der Waals surface area contributed by atoms with Crippen molar-refractivity contribution in [3.63, 3.8) is 0 Å². The molecule has 0 aliphatic heterocycles. The molecule has 106 valence electrons. The minimum Gasteiger partial charge on any atom is -0.409 e. The van der Waals surface area contributed by atoms with Gasteiger partial charge in [-0.1, -0.05) is 29.4 Å². The second-order valence-electron chi connectivity index (χ2n) is 4.89. The monoisotopic (exact) mass is 273 g/mol. The molecule has 0 saturated carbocycles. The highest BCUT2D eigenvalue weighted by molar-refractivity contribution is 6.11. The Morgan fingerprint density at radius 2 is 1.90 bits per heavy atom. The molecule has 0 amide bonds. The Labute approximate surface area is 117 Å². The Bertz CT molecular complexity index is 638. The second kappa shape index (κ2) is 5.79. The van der Waals surface area contributed by atoms with Crippen LogP contribution in [0.15, 0.2) is 41.6 Å². The van der Waals surface area contributed by atoms with Gasteiger partial charge in [-0.25, -0.2) is 0 Å². The zero-order valence-corrected chi connectivity index (χ0v) is 11.6. The number of fused-ring (bicyclic) bond motifs is 1. The third-order valence-corrected chi connectivity index (χ3v) is 3.23. The molecule has 20 heavy (non-hydrogen) atoms. The van der Waals surface area contributed by atoms with Crippen molar-refractivity contribution in [1.29, 1.82) is 0 Å². The molecule has 0 saturated heterocycles. The second-order valence-corrected chi connectivity index (χ2v) is 4.89. The lowest BCUT2D eigenvalue weighted by atomic mass is 10.0. The Balaban J connectivity index is 2.60. The van der Waals surface area contributed by atoms with E-state index in [1.54, 1.807) is 6.92 Å². The van der Waals surface area contributed by atoms with Crippen LogP contribution >= 0.6 is 0 Å². The summed E-state index contributed by atoms with van der Waals surface area (Å²) in [5.41, 5.74) is 7.40. The number of nitrogens with two attached hydrogens (primary N) is 1. The lowest BCUT2D eigenvalue weighted by molar-refractivity contribution is 0.202. The zero-order chi connectivity index (χ0) is 14.7. The lowest BCUT2D eigenvalue weighted by Crippen LogP contribution is -2.27. The van der Waals surface area contributed by atoms with Crippen molar-refractivity contribution in [2.75, 3.05) is 18.5 Å². The molecule has 5 heteroatoms. The molecule has 5 nitrogen and oxygen atoms in total. The molecular weight excluding hydrogens is 254 g/mol. The quantitative estimate of drug-likeness (QED) is 0.343. The van der Waals surface area contributed by atoms with Crippen LogP contribution in [0.4, 0.5) is 5.69 Å². The van der Waals surface area contributed by atoms with Crippen LogP contribution in [0.1, 0.15) is 12.5 Å². The molecule has 0 spiro atoms. The van der Waals surface area contributed by atoms with Crippen molar-refractivity contribution in [3.8, 4) is 0 Å². The first kappa shape index (κ1) is 14.1. The van der Waals surface area contributed by atoms with E-state index in [-0.39, 0.29) is 5.84 Å². The Morgan fingerprint density at radius 1 is 1.25 bits per heavy atom. The van der Waals surface area contributed by atoms with Gasteiger partial charge in [0.25, 0.3) is 0 Å². The lowest BCUT2D eigenvalue weighted by Gasteiger charge is -2.23. The highest BCUT2D eigenvalue weighted by atomic mass is 16.4. The molecule has 0 aliphatic rings. The van der Waals surface area contributed by atoms with Gasteiger partial charge in [-0.3, -0.25) is 0 Å². The van der Waals surface area contributed by atoms with E-state index >= 15 is 0 Å². The maximum Gasteiger partial charge on any atom is 0.170 e. The third-order valence-electron chi connectivity index (χ3n) is 3.23. The predicted octanol–water partition coefficient (Wildman–Crippen LogP) is 1.75. The van der Waals surface area contributed by atoms with Crippen LogP contribution in [0.3, 0.4) is 0 Å². The number of anilines is 1. The molecule has 4 N–H and O–H groups in total. The average molecular weight is 273 g/mol. The van der Waals surface area contributed by atoms with Gasteiger partial charge < -0.3 is 20.9 Å². The van der Waals surface area contributed by atoms with Gasteiger partial charge in [0.15, 0.2) is 5.84 Å². The zero-order valence-electron chi connectivity index (χ0n) is 11.6. The van der Waals surface area contributed by atoms with Gasteiger partial charge in [-0.05, 0) is 24.4 Å². The first-order valence-electron chi connectivity index (χ1n) is 6.43. The number of hydrogen-bond donors (Lipinski definition) is 3. The van der Waals surface area contributed by atoms with Crippen LogP contribution in [-0.2, 0) is 0 Å². The van der Waals surface area contributed by atoms with Crippen molar-refractivity contribution >= 4 is 22.3 Å². The Kier molecular flexibility index (Phi) is 4.10. The van der Waals surface area contributed by atoms with Crippen molar-refractivity contribution in [3.05, 3.63) is 42.0 Å². The van der Waals surface area contributed by atoms with Crippen LogP contribution in [0.5, 0.6) is 0 Å². The van der Waals surface area contributed by atoms with Crippen molar-refractivity contribution < 1.29 is 10.3 Å². The number of benzene rings is 2. The molecular formula is C15H19N3O2. The van der Waals surface area contributed by atoms with E-state index in [1.807, 2.05) is 48.3 Å². The number of nitrogens with zero attached hydrogens (tertiary/aromatic N) is 2. The summed E-state index contributed by atoms with van der Waals surface area (Å²) < 4.78 is 0. The van der Waals surface area contributed by atoms with Gasteiger partial charge in [0.2, 0.25) is 0 Å². The van der Waals surface area contributed by atoms with Gasteiger partial charge in [-0.15, -0.1) is 0 Å². The fourth-order valence-electron chi connectivity index (χ4n) is 2.39. The number of hydrogen-bond acceptors (Lipinski definition) is 4. The largest absolute Gasteiger partial charge is 0.409 e. The molecule has 2 aromatic carbocycles. The number of oxime groups is 1.